The van der Waals surface area contributed by atoms with Crippen LogP contribution in [-0.2, 0) is 4.79 Å². The number of rotatable bonds is 2. The Labute approximate surface area is 155 Å². The van der Waals surface area contributed by atoms with Gasteiger partial charge in [-0.15, -0.1) is 11.3 Å². The van der Waals surface area contributed by atoms with E-state index in [0.29, 0.717) is 37.7 Å². The molecule has 0 saturated carbocycles. The minimum Gasteiger partial charge on any atom is -0.485 e. The van der Waals surface area contributed by atoms with Crippen molar-refractivity contribution >= 4 is 23.2 Å². The molecule has 1 aromatic carbocycles. The Hall–Kier alpha value is -2.54. The Kier molecular flexibility index (Phi) is 4.55. The second kappa shape index (κ2) is 6.99. The average molecular weight is 372 g/mol. The van der Waals surface area contributed by atoms with E-state index in [4.69, 9.17) is 9.47 Å². The highest BCUT2D eigenvalue weighted by molar-refractivity contribution is 7.13. The number of piperazine rings is 1. The fraction of sp³-hybridized carbons (Fsp3) is 0.368. The molecule has 4 rings (SSSR count). The van der Waals surface area contributed by atoms with E-state index in [-0.39, 0.29) is 18.4 Å². The first kappa shape index (κ1) is 16.9. The zero-order valence-electron chi connectivity index (χ0n) is 14.5. The third-order valence-electron chi connectivity index (χ3n) is 4.61. The number of benzene rings is 1. The van der Waals surface area contributed by atoms with Crippen molar-refractivity contribution in [3.8, 4) is 11.5 Å². The molecule has 26 heavy (non-hydrogen) atoms. The molecule has 2 amide bonds. The third kappa shape index (κ3) is 3.26. The van der Waals surface area contributed by atoms with E-state index in [1.807, 2.05) is 42.2 Å². The Morgan fingerprint density at radius 1 is 1.00 bits per heavy atom. The first-order valence-electron chi connectivity index (χ1n) is 8.65. The van der Waals surface area contributed by atoms with Crippen LogP contribution in [0.15, 0.2) is 36.4 Å². The number of thiophene rings is 1. The van der Waals surface area contributed by atoms with E-state index in [9.17, 15) is 9.59 Å². The van der Waals surface area contributed by atoms with Gasteiger partial charge in [0.25, 0.3) is 11.8 Å². The summed E-state index contributed by atoms with van der Waals surface area (Å²) in [6, 6.07) is 11.2. The van der Waals surface area contributed by atoms with Crippen LogP contribution in [0.25, 0.3) is 0 Å². The van der Waals surface area contributed by atoms with Crippen molar-refractivity contribution < 1.29 is 19.1 Å². The SMILES string of the molecule is Cc1ccc(C(=O)N2CCN(C(=O)C3COc4ccccc4O3)CC2)s1. The number of hydrogen-bond acceptors (Lipinski definition) is 5. The van der Waals surface area contributed by atoms with E-state index in [1.54, 1.807) is 11.0 Å². The summed E-state index contributed by atoms with van der Waals surface area (Å²) in [4.78, 5) is 30.7. The number of carbonyl (C=O) groups excluding carboxylic acids is 2. The van der Waals surface area contributed by atoms with Gasteiger partial charge >= 0.3 is 0 Å². The van der Waals surface area contributed by atoms with Crippen LogP contribution < -0.4 is 9.47 Å². The number of aryl methyl sites for hydroxylation is 1. The molecule has 1 unspecified atom stereocenters. The Morgan fingerprint density at radius 3 is 2.38 bits per heavy atom. The Balaban J connectivity index is 1.35. The number of nitrogens with zero attached hydrogens (tertiary/aromatic N) is 2. The molecular weight excluding hydrogens is 352 g/mol. The van der Waals surface area contributed by atoms with E-state index in [1.165, 1.54) is 11.3 Å². The average Bonchev–Trinajstić information content (AvgIpc) is 3.13. The summed E-state index contributed by atoms with van der Waals surface area (Å²) < 4.78 is 11.4. The highest BCUT2D eigenvalue weighted by Gasteiger charge is 2.33. The number of carbonyl (C=O) groups is 2. The van der Waals surface area contributed by atoms with Gasteiger partial charge in [0, 0.05) is 31.1 Å². The van der Waals surface area contributed by atoms with Crippen molar-refractivity contribution in [1.29, 1.82) is 0 Å². The van der Waals surface area contributed by atoms with Crippen LogP contribution in [0.3, 0.4) is 0 Å². The standard InChI is InChI=1S/C19H20N2O4S/c1-13-6-7-17(26-13)19(23)21-10-8-20(9-11-21)18(22)16-12-24-14-4-2-3-5-15(14)25-16/h2-7,16H,8-12H2,1H3. The molecule has 136 valence electrons. The van der Waals surface area contributed by atoms with Crippen LogP contribution in [0.1, 0.15) is 14.5 Å². The van der Waals surface area contributed by atoms with E-state index in [2.05, 4.69) is 0 Å². The quantitative estimate of drug-likeness (QED) is 0.811. The van der Waals surface area contributed by atoms with Gasteiger partial charge in [-0.1, -0.05) is 12.1 Å². The predicted molar refractivity (Wildman–Crippen MR) is 97.9 cm³/mol. The lowest BCUT2D eigenvalue weighted by Gasteiger charge is -2.37. The summed E-state index contributed by atoms with van der Waals surface area (Å²) in [5, 5.41) is 0. The molecule has 1 fully saturated rings. The molecule has 2 aliphatic rings. The predicted octanol–water partition coefficient (Wildman–Crippen LogP) is 2.18. The van der Waals surface area contributed by atoms with E-state index in [0.717, 1.165) is 9.75 Å². The monoisotopic (exact) mass is 372 g/mol. The molecule has 0 radical (unpaired) electrons. The third-order valence-corrected chi connectivity index (χ3v) is 5.60. The molecule has 2 aliphatic heterocycles. The molecule has 1 atom stereocenters. The number of para-hydroxylation sites is 2. The van der Waals surface area contributed by atoms with Crippen molar-refractivity contribution in [3.05, 3.63) is 46.2 Å². The molecular formula is C19H20N2O4S. The van der Waals surface area contributed by atoms with Crippen LogP contribution in [0, 0.1) is 6.92 Å². The normalized spacial score (nSPS) is 19.3. The summed E-state index contributed by atoms with van der Waals surface area (Å²) in [7, 11) is 0. The second-order valence-corrected chi connectivity index (χ2v) is 7.68. The van der Waals surface area contributed by atoms with Gasteiger partial charge in [-0.05, 0) is 31.2 Å². The first-order valence-corrected chi connectivity index (χ1v) is 9.46. The second-order valence-electron chi connectivity index (χ2n) is 6.39. The van der Waals surface area contributed by atoms with Crippen molar-refractivity contribution in [2.24, 2.45) is 0 Å². The molecule has 0 spiro atoms. The number of amides is 2. The van der Waals surface area contributed by atoms with Gasteiger partial charge in [0.15, 0.2) is 11.5 Å². The fourth-order valence-electron chi connectivity index (χ4n) is 3.18. The van der Waals surface area contributed by atoms with Gasteiger partial charge in [0.1, 0.15) is 6.61 Å². The zero-order chi connectivity index (χ0) is 18.1. The maximum atomic E-state index is 12.7. The number of fused-ring (bicyclic) bond motifs is 1. The minimum atomic E-state index is -0.632. The molecule has 1 aromatic heterocycles. The molecule has 0 aliphatic carbocycles. The van der Waals surface area contributed by atoms with Crippen LogP contribution in [0.4, 0.5) is 0 Å². The van der Waals surface area contributed by atoms with Crippen molar-refractivity contribution in [3.63, 3.8) is 0 Å². The lowest BCUT2D eigenvalue weighted by atomic mass is 10.2. The smallest absolute Gasteiger partial charge is 0.267 e. The highest BCUT2D eigenvalue weighted by atomic mass is 32.1. The molecule has 7 heteroatoms. The Bertz CT molecular complexity index is 826. The summed E-state index contributed by atoms with van der Waals surface area (Å²) in [6.07, 6.45) is -0.632. The largest absolute Gasteiger partial charge is 0.485 e. The van der Waals surface area contributed by atoms with Crippen LogP contribution in [0.2, 0.25) is 0 Å². The van der Waals surface area contributed by atoms with Crippen molar-refractivity contribution in [2.45, 2.75) is 13.0 Å². The molecule has 1 saturated heterocycles. The lowest BCUT2D eigenvalue weighted by molar-refractivity contribution is -0.142. The Morgan fingerprint density at radius 2 is 1.69 bits per heavy atom. The summed E-state index contributed by atoms with van der Waals surface area (Å²) >= 11 is 1.50. The zero-order valence-corrected chi connectivity index (χ0v) is 15.3. The van der Waals surface area contributed by atoms with Gasteiger partial charge in [-0.25, -0.2) is 0 Å². The minimum absolute atomic E-state index is 0.0429. The van der Waals surface area contributed by atoms with Gasteiger partial charge in [0.05, 0.1) is 4.88 Å². The topological polar surface area (TPSA) is 59.1 Å². The number of hydrogen-bond donors (Lipinski definition) is 0. The number of ether oxygens (including phenoxy) is 2. The summed E-state index contributed by atoms with van der Waals surface area (Å²) in [5.41, 5.74) is 0. The van der Waals surface area contributed by atoms with Gasteiger partial charge < -0.3 is 19.3 Å². The van der Waals surface area contributed by atoms with Gasteiger partial charge in [0.2, 0.25) is 6.10 Å². The van der Waals surface area contributed by atoms with Crippen LogP contribution in [-0.4, -0.2) is 60.5 Å². The molecule has 0 bridgehead atoms. The van der Waals surface area contributed by atoms with Gasteiger partial charge in [-0.2, -0.15) is 0 Å². The van der Waals surface area contributed by atoms with Crippen molar-refractivity contribution in [1.82, 2.24) is 9.80 Å². The van der Waals surface area contributed by atoms with Crippen molar-refractivity contribution in [2.75, 3.05) is 32.8 Å². The van der Waals surface area contributed by atoms with Crippen LogP contribution >= 0.6 is 11.3 Å². The molecule has 3 heterocycles. The molecule has 0 N–H and O–H groups in total. The molecule has 2 aromatic rings. The van der Waals surface area contributed by atoms with E-state index >= 15 is 0 Å². The summed E-state index contributed by atoms with van der Waals surface area (Å²) in [5.74, 6) is 1.22. The first-order chi connectivity index (χ1) is 12.6. The van der Waals surface area contributed by atoms with Crippen LogP contribution in [0.5, 0.6) is 11.5 Å². The maximum Gasteiger partial charge on any atom is 0.267 e. The lowest BCUT2D eigenvalue weighted by Crippen LogP contribution is -2.55. The van der Waals surface area contributed by atoms with E-state index < -0.39 is 6.10 Å². The highest BCUT2D eigenvalue weighted by Crippen LogP contribution is 2.31. The fourth-order valence-corrected chi connectivity index (χ4v) is 4.02. The molecule has 6 nitrogen and oxygen atoms in total. The van der Waals surface area contributed by atoms with Gasteiger partial charge in [-0.3, -0.25) is 9.59 Å². The summed E-state index contributed by atoms with van der Waals surface area (Å²) in [6.45, 7) is 4.29. The maximum absolute atomic E-state index is 12.7.